The molecule has 0 aromatic heterocycles. The summed E-state index contributed by atoms with van der Waals surface area (Å²) in [7, 11) is 0. The molecule has 22 heavy (non-hydrogen) atoms. The Balaban J connectivity index is 1.74. The molecule has 1 aromatic rings. The zero-order valence-corrected chi connectivity index (χ0v) is 12.9. The van der Waals surface area contributed by atoms with E-state index in [2.05, 4.69) is 5.32 Å². The van der Waals surface area contributed by atoms with Crippen molar-refractivity contribution < 1.29 is 14.3 Å². The van der Waals surface area contributed by atoms with E-state index in [1.807, 2.05) is 6.92 Å². The van der Waals surface area contributed by atoms with Crippen LogP contribution in [0.25, 0.3) is 0 Å². The number of primary amides is 1. The number of benzene rings is 1. The summed E-state index contributed by atoms with van der Waals surface area (Å²) in [5, 5.41) is 2.88. The molecule has 5 nitrogen and oxygen atoms in total. The average molecular weight is 302 g/mol. The molecule has 0 aliphatic heterocycles. The zero-order chi connectivity index (χ0) is 15.7. The van der Waals surface area contributed by atoms with Crippen LogP contribution in [0.5, 0.6) is 5.75 Å². The highest BCUT2D eigenvalue weighted by atomic mass is 16.5. The molecule has 0 unspecified atom stereocenters. The van der Waals surface area contributed by atoms with Crippen molar-refractivity contribution in [3.63, 3.8) is 0 Å². The van der Waals surface area contributed by atoms with E-state index in [0.717, 1.165) is 19.3 Å². The van der Waals surface area contributed by atoms with Gasteiger partial charge in [-0.1, -0.05) is 12.8 Å². The molecule has 2 aliphatic rings. The number of rotatable bonds is 5. The number of carbonyl (C=O) groups is 2. The topological polar surface area (TPSA) is 81.4 Å². The van der Waals surface area contributed by atoms with Crippen LogP contribution in [0.4, 0.5) is 5.69 Å². The predicted octanol–water partition coefficient (Wildman–Crippen LogP) is 2.70. The van der Waals surface area contributed by atoms with E-state index < -0.39 is 5.91 Å². The maximum absolute atomic E-state index is 12.4. The highest BCUT2D eigenvalue weighted by Crippen LogP contribution is 2.63. The molecule has 2 saturated carbocycles. The van der Waals surface area contributed by atoms with Gasteiger partial charge in [-0.3, -0.25) is 9.59 Å². The fraction of sp³-hybridized carbons (Fsp3) is 0.529. The Morgan fingerprint density at radius 1 is 1.36 bits per heavy atom. The van der Waals surface area contributed by atoms with Crippen molar-refractivity contribution in [3.8, 4) is 5.75 Å². The number of hydrogen-bond acceptors (Lipinski definition) is 3. The second-order valence-electron chi connectivity index (χ2n) is 6.32. The van der Waals surface area contributed by atoms with Gasteiger partial charge in [0.1, 0.15) is 5.75 Å². The van der Waals surface area contributed by atoms with E-state index in [9.17, 15) is 9.59 Å². The van der Waals surface area contributed by atoms with Crippen LogP contribution in [-0.4, -0.2) is 18.4 Å². The van der Waals surface area contributed by atoms with Crippen molar-refractivity contribution in [3.05, 3.63) is 23.8 Å². The number of carbonyl (C=O) groups excluding carboxylic acids is 2. The van der Waals surface area contributed by atoms with Crippen molar-refractivity contribution >= 4 is 17.5 Å². The van der Waals surface area contributed by atoms with E-state index in [4.69, 9.17) is 10.5 Å². The largest absolute Gasteiger partial charge is 0.494 e. The molecular weight excluding hydrogens is 280 g/mol. The maximum atomic E-state index is 12.4. The van der Waals surface area contributed by atoms with Gasteiger partial charge in [-0.05, 0) is 49.8 Å². The lowest BCUT2D eigenvalue weighted by Gasteiger charge is -2.13. The third-order valence-corrected chi connectivity index (χ3v) is 4.93. The Morgan fingerprint density at radius 2 is 2.09 bits per heavy atom. The van der Waals surface area contributed by atoms with E-state index in [-0.39, 0.29) is 17.2 Å². The second kappa shape index (κ2) is 5.63. The molecule has 1 spiro atoms. The molecular formula is C17H22N2O3. The van der Waals surface area contributed by atoms with Crippen LogP contribution < -0.4 is 15.8 Å². The Hall–Kier alpha value is -2.04. The first-order valence-electron chi connectivity index (χ1n) is 7.93. The summed E-state index contributed by atoms with van der Waals surface area (Å²) in [6.45, 7) is 2.38. The molecule has 5 heteroatoms. The van der Waals surface area contributed by atoms with Gasteiger partial charge in [-0.15, -0.1) is 0 Å². The number of amides is 2. The van der Waals surface area contributed by atoms with Crippen molar-refractivity contribution in [2.45, 2.75) is 39.0 Å². The summed E-state index contributed by atoms with van der Waals surface area (Å²) in [6.07, 6.45) is 5.72. The summed E-state index contributed by atoms with van der Waals surface area (Å²) in [4.78, 5) is 24.0. The Kier molecular flexibility index (Phi) is 3.81. The zero-order valence-electron chi connectivity index (χ0n) is 12.9. The first-order chi connectivity index (χ1) is 10.6. The van der Waals surface area contributed by atoms with Gasteiger partial charge < -0.3 is 15.8 Å². The highest BCUT2D eigenvalue weighted by molar-refractivity contribution is 6.04. The number of nitrogens with one attached hydrogen (secondary N) is 1. The predicted molar refractivity (Wildman–Crippen MR) is 83.8 cm³/mol. The minimum Gasteiger partial charge on any atom is -0.494 e. The SMILES string of the molecule is CCOc1ccc(NC(=O)[C@@H]2CC23CCCC3)c(C(N)=O)c1. The van der Waals surface area contributed by atoms with E-state index in [1.54, 1.807) is 18.2 Å². The normalized spacial score (nSPS) is 21.6. The quantitative estimate of drug-likeness (QED) is 0.877. The van der Waals surface area contributed by atoms with Gasteiger partial charge in [0.2, 0.25) is 5.91 Å². The monoisotopic (exact) mass is 302 g/mol. The lowest BCUT2D eigenvalue weighted by molar-refractivity contribution is -0.118. The van der Waals surface area contributed by atoms with E-state index in [0.29, 0.717) is 23.6 Å². The minimum absolute atomic E-state index is 0.00793. The third kappa shape index (κ3) is 2.67. The van der Waals surface area contributed by atoms with Gasteiger partial charge in [0.05, 0.1) is 17.9 Å². The van der Waals surface area contributed by atoms with Gasteiger partial charge in [-0.2, -0.15) is 0 Å². The summed E-state index contributed by atoms with van der Waals surface area (Å²) in [6, 6.07) is 5.01. The van der Waals surface area contributed by atoms with E-state index >= 15 is 0 Å². The summed E-state index contributed by atoms with van der Waals surface area (Å²) in [5.41, 5.74) is 6.42. The first kappa shape index (κ1) is 14.9. The Labute approximate surface area is 130 Å². The first-order valence-corrected chi connectivity index (χ1v) is 7.93. The summed E-state index contributed by atoms with van der Waals surface area (Å²) >= 11 is 0. The molecule has 0 radical (unpaired) electrons. The summed E-state index contributed by atoms with van der Waals surface area (Å²) < 4.78 is 5.37. The average Bonchev–Trinajstić information content (AvgIpc) is 2.98. The van der Waals surface area contributed by atoms with Gasteiger partial charge in [0.15, 0.2) is 0 Å². The standard InChI is InChI=1S/C17H22N2O3/c1-2-22-11-5-6-14(12(9-11)15(18)20)19-16(21)13-10-17(13)7-3-4-8-17/h5-6,9,13H,2-4,7-8,10H2,1H3,(H2,18,20)(H,19,21)/t13-/m0/s1. The van der Waals surface area contributed by atoms with Crippen LogP contribution in [0.3, 0.4) is 0 Å². The molecule has 118 valence electrons. The fourth-order valence-corrected chi connectivity index (χ4v) is 3.66. The Bertz CT molecular complexity index is 606. The highest BCUT2D eigenvalue weighted by Gasteiger charge is 2.58. The molecule has 1 atom stereocenters. The van der Waals surface area contributed by atoms with Crippen LogP contribution >= 0.6 is 0 Å². The number of nitrogens with two attached hydrogens (primary N) is 1. The van der Waals surface area contributed by atoms with E-state index in [1.165, 1.54) is 12.8 Å². The molecule has 3 N–H and O–H groups in total. The number of hydrogen-bond donors (Lipinski definition) is 2. The summed E-state index contributed by atoms with van der Waals surface area (Å²) in [5.74, 6) is 0.104. The molecule has 2 amide bonds. The molecule has 3 rings (SSSR count). The molecule has 2 aliphatic carbocycles. The smallest absolute Gasteiger partial charge is 0.250 e. The molecule has 1 aromatic carbocycles. The lowest BCUT2D eigenvalue weighted by atomic mass is 10.0. The van der Waals surface area contributed by atoms with Crippen molar-refractivity contribution in [2.75, 3.05) is 11.9 Å². The van der Waals surface area contributed by atoms with Crippen LogP contribution in [0.15, 0.2) is 18.2 Å². The van der Waals surface area contributed by atoms with Crippen LogP contribution in [0, 0.1) is 11.3 Å². The van der Waals surface area contributed by atoms with Crippen LogP contribution in [-0.2, 0) is 4.79 Å². The second-order valence-corrected chi connectivity index (χ2v) is 6.32. The van der Waals surface area contributed by atoms with Crippen molar-refractivity contribution in [2.24, 2.45) is 17.1 Å². The maximum Gasteiger partial charge on any atom is 0.250 e. The minimum atomic E-state index is -0.566. The number of anilines is 1. The van der Waals surface area contributed by atoms with Gasteiger partial charge in [0.25, 0.3) is 5.91 Å². The van der Waals surface area contributed by atoms with Crippen LogP contribution in [0.2, 0.25) is 0 Å². The van der Waals surface area contributed by atoms with Gasteiger partial charge in [0, 0.05) is 5.92 Å². The van der Waals surface area contributed by atoms with Crippen molar-refractivity contribution in [1.29, 1.82) is 0 Å². The van der Waals surface area contributed by atoms with Crippen LogP contribution in [0.1, 0.15) is 49.4 Å². The number of ether oxygens (including phenoxy) is 1. The lowest BCUT2D eigenvalue weighted by Crippen LogP contribution is -2.21. The molecule has 0 saturated heterocycles. The molecule has 0 bridgehead atoms. The van der Waals surface area contributed by atoms with Gasteiger partial charge >= 0.3 is 0 Å². The molecule has 0 heterocycles. The molecule has 2 fully saturated rings. The third-order valence-electron chi connectivity index (χ3n) is 4.93. The van der Waals surface area contributed by atoms with Crippen molar-refractivity contribution in [1.82, 2.24) is 0 Å². The van der Waals surface area contributed by atoms with Gasteiger partial charge in [-0.25, -0.2) is 0 Å². The fourth-order valence-electron chi connectivity index (χ4n) is 3.66. The Morgan fingerprint density at radius 3 is 2.73 bits per heavy atom.